The second-order valence-electron chi connectivity index (χ2n) is 7.00. The van der Waals surface area contributed by atoms with Crippen LogP contribution in [-0.4, -0.2) is 24.2 Å². The van der Waals surface area contributed by atoms with Crippen LogP contribution in [0.3, 0.4) is 0 Å². The first-order chi connectivity index (χ1) is 15.5. The average molecular weight is 449 g/mol. The highest BCUT2D eigenvalue weighted by Crippen LogP contribution is 2.43. The number of carbonyl (C=O) groups is 2. The summed E-state index contributed by atoms with van der Waals surface area (Å²) in [7, 11) is 0. The Morgan fingerprint density at radius 2 is 1.88 bits per heavy atom. The van der Waals surface area contributed by atoms with Crippen molar-refractivity contribution in [1.82, 2.24) is 5.32 Å². The van der Waals surface area contributed by atoms with Crippen LogP contribution in [0.2, 0.25) is 0 Å². The molecule has 0 unspecified atom stereocenters. The minimum atomic E-state index is -0.678. The summed E-state index contributed by atoms with van der Waals surface area (Å²) in [4.78, 5) is 24.8. The summed E-state index contributed by atoms with van der Waals surface area (Å²) in [6.07, 6.45) is 0. The number of benzene rings is 2. The molecular formula is C24H24N4O3S. The largest absolute Gasteiger partial charge is 0.494 e. The van der Waals surface area contributed by atoms with Gasteiger partial charge in [0.1, 0.15) is 5.75 Å². The molecule has 1 atom stereocenters. The molecule has 164 valence electrons. The highest BCUT2D eigenvalue weighted by Gasteiger charge is 2.36. The van der Waals surface area contributed by atoms with Crippen LogP contribution < -0.4 is 21.1 Å². The number of allylic oxidation sites excluding steroid dienone is 2. The molecule has 8 heteroatoms. The van der Waals surface area contributed by atoms with Gasteiger partial charge in [-0.15, -0.1) is 0 Å². The molecule has 2 amide bonds. The second-order valence-corrected chi connectivity index (χ2v) is 7.98. The molecule has 32 heavy (non-hydrogen) atoms. The van der Waals surface area contributed by atoms with Gasteiger partial charge in [0.05, 0.1) is 34.9 Å². The molecule has 0 aliphatic carbocycles. The molecule has 2 aromatic carbocycles. The van der Waals surface area contributed by atoms with Crippen LogP contribution in [0.4, 0.5) is 5.69 Å². The molecule has 0 spiro atoms. The smallest absolute Gasteiger partial charge is 0.254 e. The number of amides is 2. The number of thioether (sulfide) groups is 1. The van der Waals surface area contributed by atoms with Crippen LogP contribution in [0.5, 0.6) is 5.75 Å². The number of nitrogens with one attached hydrogen (secondary N) is 2. The molecule has 1 aliphatic heterocycles. The number of primary amides is 1. The zero-order valence-corrected chi connectivity index (χ0v) is 18.7. The number of dihydropyridines is 1. The third-order valence-electron chi connectivity index (χ3n) is 4.81. The predicted molar refractivity (Wildman–Crippen MR) is 126 cm³/mol. The van der Waals surface area contributed by atoms with E-state index in [1.807, 2.05) is 49.4 Å². The summed E-state index contributed by atoms with van der Waals surface area (Å²) in [6, 6.07) is 18.7. The van der Waals surface area contributed by atoms with Crippen molar-refractivity contribution >= 4 is 29.3 Å². The van der Waals surface area contributed by atoms with Gasteiger partial charge in [0.25, 0.3) is 5.91 Å². The molecule has 0 aromatic heterocycles. The minimum Gasteiger partial charge on any atom is -0.494 e. The second kappa shape index (κ2) is 10.6. The van der Waals surface area contributed by atoms with E-state index in [4.69, 9.17) is 10.5 Å². The third-order valence-corrected chi connectivity index (χ3v) is 5.85. The van der Waals surface area contributed by atoms with Crippen LogP contribution >= 0.6 is 11.8 Å². The SMILES string of the molecule is CCOc1ccccc1[C@H]1C(C#N)=C(SCC(N)=O)NC(C)=C1C(=O)Nc1ccccc1. The van der Waals surface area contributed by atoms with Crippen LogP contribution in [-0.2, 0) is 9.59 Å². The van der Waals surface area contributed by atoms with Crippen molar-refractivity contribution < 1.29 is 14.3 Å². The number of hydrogen-bond donors (Lipinski definition) is 3. The molecule has 1 aliphatic rings. The maximum atomic E-state index is 13.4. The fourth-order valence-electron chi connectivity index (χ4n) is 3.51. The summed E-state index contributed by atoms with van der Waals surface area (Å²) in [5.74, 6) is -0.910. The van der Waals surface area contributed by atoms with Crippen molar-refractivity contribution in [2.75, 3.05) is 17.7 Å². The van der Waals surface area contributed by atoms with Crippen molar-refractivity contribution in [1.29, 1.82) is 5.26 Å². The molecule has 0 saturated heterocycles. The lowest BCUT2D eigenvalue weighted by molar-refractivity contribution is -0.115. The highest BCUT2D eigenvalue weighted by molar-refractivity contribution is 8.03. The zero-order chi connectivity index (χ0) is 23.1. The standard InChI is InChI=1S/C24H24N4O3S/c1-3-31-19-12-8-7-11-17(19)22-18(13-25)24(32-14-20(26)29)27-15(2)21(22)23(30)28-16-9-5-4-6-10-16/h4-12,22,27H,3,14H2,1-2H3,(H2,26,29)(H,28,30)/t22-/m0/s1. The fraction of sp³-hybridized carbons (Fsp3) is 0.208. The van der Waals surface area contributed by atoms with Crippen LogP contribution in [0, 0.1) is 11.3 Å². The van der Waals surface area contributed by atoms with Gasteiger partial charge in [-0.1, -0.05) is 48.2 Å². The first kappa shape index (κ1) is 23.0. The number of nitrogens with two attached hydrogens (primary N) is 1. The Morgan fingerprint density at radius 1 is 1.19 bits per heavy atom. The Bertz CT molecular complexity index is 1120. The molecule has 7 nitrogen and oxygen atoms in total. The number of anilines is 1. The number of para-hydroxylation sites is 2. The summed E-state index contributed by atoms with van der Waals surface area (Å²) in [5.41, 5.74) is 7.97. The van der Waals surface area contributed by atoms with Gasteiger partial charge in [0.2, 0.25) is 5.91 Å². The maximum absolute atomic E-state index is 13.4. The summed E-state index contributed by atoms with van der Waals surface area (Å²) in [6.45, 7) is 4.08. The maximum Gasteiger partial charge on any atom is 0.254 e. The zero-order valence-electron chi connectivity index (χ0n) is 17.8. The monoisotopic (exact) mass is 448 g/mol. The quantitative estimate of drug-likeness (QED) is 0.568. The van der Waals surface area contributed by atoms with E-state index >= 15 is 0 Å². The van der Waals surface area contributed by atoms with Crippen molar-refractivity contribution in [2.24, 2.45) is 5.73 Å². The first-order valence-corrected chi connectivity index (χ1v) is 11.1. The lowest BCUT2D eigenvalue weighted by Crippen LogP contribution is -2.31. The Balaban J connectivity index is 2.12. The Kier molecular flexibility index (Phi) is 7.58. The van der Waals surface area contributed by atoms with E-state index in [1.165, 1.54) is 0 Å². The lowest BCUT2D eigenvalue weighted by Gasteiger charge is -2.30. The van der Waals surface area contributed by atoms with Gasteiger partial charge >= 0.3 is 0 Å². The van der Waals surface area contributed by atoms with E-state index in [9.17, 15) is 14.9 Å². The van der Waals surface area contributed by atoms with Crippen LogP contribution in [0.25, 0.3) is 0 Å². The van der Waals surface area contributed by atoms with Crippen molar-refractivity contribution in [2.45, 2.75) is 19.8 Å². The van der Waals surface area contributed by atoms with Crippen LogP contribution in [0.1, 0.15) is 25.3 Å². The van der Waals surface area contributed by atoms with E-state index in [2.05, 4.69) is 16.7 Å². The fourth-order valence-corrected chi connectivity index (χ4v) is 4.34. The lowest BCUT2D eigenvalue weighted by atomic mass is 9.81. The Hall–Kier alpha value is -3.70. The predicted octanol–water partition coefficient (Wildman–Crippen LogP) is 3.64. The normalized spacial score (nSPS) is 15.6. The van der Waals surface area contributed by atoms with Gasteiger partial charge in [0.15, 0.2) is 0 Å². The summed E-state index contributed by atoms with van der Waals surface area (Å²) >= 11 is 1.14. The van der Waals surface area contributed by atoms with E-state index in [0.29, 0.717) is 45.5 Å². The molecule has 3 rings (SSSR count). The van der Waals surface area contributed by atoms with Crippen molar-refractivity contribution in [3.63, 3.8) is 0 Å². The summed E-state index contributed by atoms with van der Waals surface area (Å²) in [5, 5.41) is 16.6. The molecule has 1 heterocycles. The van der Waals surface area contributed by atoms with Gasteiger partial charge < -0.3 is 21.1 Å². The van der Waals surface area contributed by atoms with Crippen molar-refractivity contribution in [3.05, 3.63) is 82.0 Å². The summed E-state index contributed by atoms with van der Waals surface area (Å²) < 4.78 is 5.81. The minimum absolute atomic E-state index is 0.00612. The number of hydrogen-bond acceptors (Lipinski definition) is 6. The van der Waals surface area contributed by atoms with E-state index < -0.39 is 11.8 Å². The number of carbonyl (C=O) groups excluding carboxylic acids is 2. The van der Waals surface area contributed by atoms with E-state index in [-0.39, 0.29) is 11.7 Å². The van der Waals surface area contributed by atoms with Gasteiger partial charge in [-0.2, -0.15) is 5.26 Å². The highest BCUT2D eigenvalue weighted by atomic mass is 32.2. The van der Waals surface area contributed by atoms with E-state index in [1.54, 1.807) is 19.1 Å². The molecule has 4 N–H and O–H groups in total. The average Bonchev–Trinajstić information content (AvgIpc) is 2.78. The molecule has 0 radical (unpaired) electrons. The number of nitriles is 1. The third kappa shape index (κ3) is 5.13. The Labute approximate surface area is 191 Å². The molecule has 0 saturated carbocycles. The Morgan fingerprint density at radius 3 is 2.53 bits per heavy atom. The number of nitrogens with zero attached hydrogens (tertiary/aromatic N) is 1. The molecule has 2 aromatic rings. The van der Waals surface area contributed by atoms with Gasteiger partial charge in [-0.25, -0.2) is 0 Å². The van der Waals surface area contributed by atoms with Crippen molar-refractivity contribution in [3.8, 4) is 11.8 Å². The van der Waals surface area contributed by atoms with Gasteiger partial charge in [-0.3, -0.25) is 9.59 Å². The number of ether oxygens (including phenoxy) is 1. The topological polar surface area (TPSA) is 117 Å². The molecule has 0 bridgehead atoms. The van der Waals surface area contributed by atoms with Crippen LogP contribution in [0.15, 0.2) is 76.5 Å². The molecule has 0 fully saturated rings. The first-order valence-electron chi connectivity index (χ1n) is 10.1. The van der Waals surface area contributed by atoms with Gasteiger partial charge in [0, 0.05) is 22.5 Å². The van der Waals surface area contributed by atoms with E-state index in [0.717, 1.165) is 11.8 Å². The number of rotatable bonds is 8. The molecular weight excluding hydrogens is 424 g/mol. The van der Waals surface area contributed by atoms with Gasteiger partial charge in [-0.05, 0) is 32.0 Å².